The van der Waals surface area contributed by atoms with Crippen LogP contribution in [-0.4, -0.2) is 3.21 Å². The van der Waals surface area contributed by atoms with Crippen LogP contribution in [0.25, 0.3) is 11.1 Å². The Balaban J connectivity index is 1.78. The maximum absolute atomic E-state index is 2.77. The van der Waals surface area contributed by atoms with Gasteiger partial charge in [0.2, 0.25) is 0 Å². The molecule has 0 aromatic heterocycles. The Hall–Kier alpha value is -2.89. The van der Waals surface area contributed by atoms with Gasteiger partial charge < -0.3 is 0 Å². The Labute approximate surface area is 274 Å². The molecule has 0 fully saturated rings. The molecule has 0 radical (unpaired) electrons. The Morgan fingerprint density at radius 1 is 0.682 bits per heavy atom. The fraction of sp³-hybridized carbons (Fsp3) is 0.326. The van der Waals surface area contributed by atoms with E-state index in [2.05, 4.69) is 154 Å². The quantitative estimate of drug-likeness (QED) is 0.181. The summed E-state index contributed by atoms with van der Waals surface area (Å²) >= 11 is -2.77. The fourth-order valence-corrected chi connectivity index (χ4v) is 16.0. The van der Waals surface area contributed by atoms with Crippen molar-refractivity contribution < 1.29 is 21.3 Å². The van der Waals surface area contributed by atoms with Crippen molar-refractivity contribution in [1.82, 2.24) is 0 Å². The summed E-state index contributed by atoms with van der Waals surface area (Å²) in [6.07, 6.45) is 9.30. The summed E-state index contributed by atoms with van der Waals surface area (Å²) in [7, 11) is 0. The first-order valence-electron chi connectivity index (χ1n) is 16.3. The molecule has 0 bridgehead atoms. The minimum atomic E-state index is -2.77. The van der Waals surface area contributed by atoms with Gasteiger partial charge in [-0.2, -0.15) is 0 Å². The van der Waals surface area contributed by atoms with Gasteiger partial charge in [0.05, 0.1) is 0 Å². The molecule has 0 saturated carbocycles. The first-order valence-corrected chi connectivity index (χ1v) is 20.0. The summed E-state index contributed by atoms with van der Waals surface area (Å²) < 4.78 is 5.02. The van der Waals surface area contributed by atoms with Gasteiger partial charge in [0, 0.05) is 0 Å². The molecule has 0 unspecified atom stereocenters. The minimum absolute atomic E-state index is 0.0532. The second-order valence-corrected chi connectivity index (χ2v) is 21.1. The van der Waals surface area contributed by atoms with Crippen LogP contribution >= 0.6 is 0 Å². The van der Waals surface area contributed by atoms with Gasteiger partial charge in [0.25, 0.3) is 0 Å². The van der Waals surface area contributed by atoms with Crippen molar-refractivity contribution in [3.63, 3.8) is 0 Å². The van der Waals surface area contributed by atoms with Gasteiger partial charge in [-0.05, 0) is 0 Å². The van der Waals surface area contributed by atoms with E-state index in [1.54, 1.807) is 15.3 Å². The van der Waals surface area contributed by atoms with Crippen LogP contribution in [0.1, 0.15) is 104 Å². The predicted molar refractivity (Wildman–Crippen MR) is 189 cm³/mol. The van der Waals surface area contributed by atoms with Gasteiger partial charge in [-0.1, -0.05) is 0 Å². The van der Waals surface area contributed by atoms with Crippen LogP contribution in [0.5, 0.6) is 0 Å². The molecule has 2 aliphatic carbocycles. The monoisotopic (exact) mass is 654 g/mol. The Kier molecular flexibility index (Phi) is 8.12. The van der Waals surface area contributed by atoms with Crippen molar-refractivity contribution in [3.8, 4) is 11.1 Å². The van der Waals surface area contributed by atoms with E-state index in [1.165, 1.54) is 61.2 Å². The van der Waals surface area contributed by atoms with Crippen molar-refractivity contribution in [2.24, 2.45) is 0 Å². The molecule has 4 aromatic carbocycles. The molecule has 2 aliphatic rings. The van der Waals surface area contributed by atoms with E-state index >= 15 is 0 Å². The number of hydrogen-bond acceptors (Lipinski definition) is 0. The molecular formula is C43H48Zr. The van der Waals surface area contributed by atoms with E-state index in [-0.39, 0.29) is 10.8 Å². The Morgan fingerprint density at radius 2 is 1.27 bits per heavy atom. The normalized spacial score (nSPS) is 14.0. The van der Waals surface area contributed by atoms with E-state index in [4.69, 9.17) is 0 Å². The molecule has 0 nitrogen and oxygen atoms in total. The Bertz CT molecular complexity index is 1850. The van der Waals surface area contributed by atoms with Crippen LogP contribution in [0.2, 0.25) is 0 Å². The van der Waals surface area contributed by atoms with E-state index in [1.807, 2.05) is 0 Å². The summed E-state index contributed by atoms with van der Waals surface area (Å²) in [4.78, 5) is 0. The molecule has 44 heavy (non-hydrogen) atoms. The summed E-state index contributed by atoms with van der Waals surface area (Å²) in [5.74, 6) is 0. The SMILES string of the molecule is Cc1cccc([C](c2cccc(C)c2)=[Zr]([C]2=CC=CC2)[c]2c(C)c(C(C)(C)C)cc3c2Cc2cc(C)c(C(C)(C)C)cc2-3)c1. The molecule has 0 aliphatic heterocycles. The van der Waals surface area contributed by atoms with Crippen LogP contribution in [-0.2, 0) is 38.5 Å². The standard InChI is InChI=1S/C23H29.C15H14.C5H5.Zr/c1-14-9-16-11-17-10-15(2)21(23(6,7)8)13-19(17)18(16)12-20(14)22(3,4)5;1-12-5-3-7-14(9-12)11-15-8-4-6-13(2)10-15;1-2-4-5-3-1;/h9,12-13H,11H2,1-8H3;3-10H,1-2H3;1-3H,4H2;. The third-order valence-electron chi connectivity index (χ3n) is 9.62. The number of hydrogen-bond donors (Lipinski definition) is 0. The van der Waals surface area contributed by atoms with Crippen LogP contribution in [0.3, 0.4) is 0 Å². The zero-order valence-corrected chi connectivity index (χ0v) is 31.0. The molecule has 0 N–H and O–H groups in total. The van der Waals surface area contributed by atoms with Crippen molar-refractivity contribution >= 4 is 6.48 Å². The van der Waals surface area contributed by atoms with E-state index in [9.17, 15) is 0 Å². The number of rotatable bonds is 4. The van der Waals surface area contributed by atoms with Gasteiger partial charge >= 0.3 is 276 Å². The third kappa shape index (κ3) is 5.67. The van der Waals surface area contributed by atoms with Crippen molar-refractivity contribution in [2.45, 2.75) is 92.9 Å². The zero-order valence-electron chi connectivity index (χ0n) is 28.5. The predicted octanol–water partition coefficient (Wildman–Crippen LogP) is 10.4. The van der Waals surface area contributed by atoms with Gasteiger partial charge in [0.1, 0.15) is 0 Å². The number of benzene rings is 4. The summed E-state index contributed by atoms with van der Waals surface area (Å²) in [6.45, 7) is 23.5. The molecule has 0 heterocycles. The van der Waals surface area contributed by atoms with Crippen molar-refractivity contribution in [1.29, 1.82) is 0 Å². The molecular weight excluding hydrogens is 608 g/mol. The number of allylic oxidation sites excluding steroid dienone is 4. The summed E-state index contributed by atoms with van der Waals surface area (Å²) in [5, 5.41) is 0. The molecule has 0 atom stereocenters. The number of aryl methyl sites for hydroxylation is 3. The summed E-state index contributed by atoms with van der Waals surface area (Å²) in [6, 6.07) is 26.3. The van der Waals surface area contributed by atoms with Gasteiger partial charge in [-0.15, -0.1) is 0 Å². The zero-order chi connectivity index (χ0) is 31.6. The second kappa shape index (κ2) is 11.5. The van der Waals surface area contributed by atoms with Crippen molar-refractivity contribution in [3.05, 3.63) is 144 Å². The van der Waals surface area contributed by atoms with Gasteiger partial charge in [-0.3, -0.25) is 0 Å². The van der Waals surface area contributed by atoms with Gasteiger partial charge in [-0.25, -0.2) is 0 Å². The van der Waals surface area contributed by atoms with Crippen LogP contribution in [0, 0.1) is 27.7 Å². The van der Waals surface area contributed by atoms with Crippen LogP contribution in [0.15, 0.2) is 88.2 Å². The average Bonchev–Trinajstić information content (AvgIpc) is 3.58. The molecule has 4 aromatic rings. The third-order valence-corrected chi connectivity index (χ3v) is 17.7. The van der Waals surface area contributed by atoms with E-state index in [0.717, 1.165) is 12.8 Å². The molecule has 0 saturated heterocycles. The first kappa shape index (κ1) is 31.1. The van der Waals surface area contributed by atoms with Crippen LogP contribution in [0.4, 0.5) is 0 Å². The molecule has 0 spiro atoms. The molecule has 1 heteroatoms. The molecule has 6 rings (SSSR count). The fourth-order valence-electron chi connectivity index (χ4n) is 7.68. The van der Waals surface area contributed by atoms with Crippen molar-refractivity contribution in [2.75, 3.05) is 0 Å². The average molecular weight is 656 g/mol. The van der Waals surface area contributed by atoms with Crippen LogP contribution < -0.4 is 3.27 Å². The number of fused-ring (bicyclic) bond motifs is 3. The topological polar surface area (TPSA) is 0 Å². The Morgan fingerprint density at radius 3 is 1.80 bits per heavy atom. The second-order valence-electron chi connectivity index (χ2n) is 15.3. The first-order chi connectivity index (χ1) is 20.7. The van der Waals surface area contributed by atoms with Gasteiger partial charge in [0.15, 0.2) is 0 Å². The molecule has 0 amide bonds. The summed E-state index contributed by atoms with van der Waals surface area (Å²) in [5.41, 5.74) is 17.7. The molecule has 224 valence electrons. The van der Waals surface area contributed by atoms with E-state index < -0.39 is 21.3 Å². The maximum atomic E-state index is 2.59. The van der Waals surface area contributed by atoms with E-state index in [0.29, 0.717) is 0 Å².